The van der Waals surface area contributed by atoms with Crippen molar-refractivity contribution in [1.29, 1.82) is 0 Å². The number of fused-ring (bicyclic) bond motifs is 1. The highest BCUT2D eigenvalue weighted by Crippen LogP contribution is 2.19. The van der Waals surface area contributed by atoms with Crippen molar-refractivity contribution in [3.63, 3.8) is 0 Å². The third kappa shape index (κ3) is 2.70. The van der Waals surface area contributed by atoms with Gasteiger partial charge in [-0.15, -0.1) is 0 Å². The highest BCUT2D eigenvalue weighted by atomic mass is 35.5. The van der Waals surface area contributed by atoms with Gasteiger partial charge in [0.15, 0.2) is 0 Å². The Balaban J connectivity index is 2.03. The first-order valence-electron chi connectivity index (χ1n) is 7.13. The van der Waals surface area contributed by atoms with Gasteiger partial charge in [0.1, 0.15) is 11.3 Å². The summed E-state index contributed by atoms with van der Waals surface area (Å²) in [5.74, 6) is -0.169. The summed E-state index contributed by atoms with van der Waals surface area (Å²) in [5, 5.41) is 3.54. The number of carbonyl (C=O) groups is 1. The van der Waals surface area contributed by atoms with E-state index in [4.69, 9.17) is 11.6 Å². The van der Waals surface area contributed by atoms with Crippen molar-refractivity contribution < 1.29 is 4.79 Å². The van der Waals surface area contributed by atoms with E-state index in [-0.39, 0.29) is 5.91 Å². The maximum absolute atomic E-state index is 12.7. The molecular formula is C17H16ClN3O. The lowest BCUT2D eigenvalue weighted by atomic mass is 10.2. The molecule has 1 aromatic carbocycles. The first-order chi connectivity index (χ1) is 10.6. The fraction of sp³-hybridized carbons (Fsp3) is 0.176. The zero-order chi connectivity index (χ0) is 15.7. The van der Waals surface area contributed by atoms with E-state index in [0.717, 1.165) is 16.9 Å². The summed E-state index contributed by atoms with van der Waals surface area (Å²) >= 11 is 6.00. The molecule has 0 saturated carbocycles. The van der Waals surface area contributed by atoms with Crippen molar-refractivity contribution >= 4 is 28.8 Å². The molecule has 0 spiro atoms. The number of aryl methyl sites for hydroxylation is 2. The Hall–Kier alpha value is -2.33. The topological polar surface area (TPSA) is 46.4 Å². The summed E-state index contributed by atoms with van der Waals surface area (Å²) in [6.45, 7) is 3.97. The van der Waals surface area contributed by atoms with Crippen LogP contribution < -0.4 is 5.32 Å². The molecule has 0 unspecified atom stereocenters. The molecule has 0 fully saturated rings. The van der Waals surface area contributed by atoms with Crippen LogP contribution in [0.5, 0.6) is 0 Å². The van der Waals surface area contributed by atoms with E-state index in [1.165, 1.54) is 0 Å². The predicted octanol–water partition coefficient (Wildman–Crippen LogP) is 4.11. The lowest BCUT2D eigenvalue weighted by molar-refractivity contribution is 0.102. The minimum Gasteiger partial charge on any atom is -0.321 e. The Morgan fingerprint density at radius 2 is 2.14 bits per heavy atom. The van der Waals surface area contributed by atoms with Crippen molar-refractivity contribution in [1.82, 2.24) is 9.38 Å². The highest BCUT2D eigenvalue weighted by Gasteiger charge is 2.18. The summed E-state index contributed by atoms with van der Waals surface area (Å²) in [4.78, 5) is 17.2. The SMILES string of the molecule is CCc1nc2cc(Cl)ccn2c1C(=O)Nc1cccc(C)c1. The van der Waals surface area contributed by atoms with Gasteiger partial charge in [0.05, 0.1) is 5.69 Å². The van der Waals surface area contributed by atoms with Crippen LogP contribution in [0.1, 0.15) is 28.7 Å². The molecule has 0 aliphatic heterocycles. The number of benzene rings is 1. The van der Waals surface area contributed by atoms with Gasteiger partial charge in [0.2, 0.25) is 0 Å². The summed E-state index contributed by atoms with van der Waals surface area (Å²) in [7, 11) is 0. The van der Waals surface area contributed by atoms with Gasteiger partial charge in [0.25, 0.3) is 5.91 Å². The molecule has 1 N–H and O–H groups in total. The van der Waals surface area contributed by atoms with E-state index < -0.39 is 0 Å². The van der Waals surface area contributed by atoms with Crippen LogP contribution in [0, 0.1) is 6.92 Å². The molecule has 2 aromatic heterocycles. The molecule has 1 amide bonds. The summed E-state index contributed by atoms with van der Waals surface area (Å²) in [5.41, 5.74) is 3.86. The van der Waals surface area contributed by atoms with Gasteiger partial charge in [-0.1, -0.05) is 30.7 Å². The number of imidazole rings is 1. The molecule has 2 heterocycles. The lowest BCUT2D eigenvalue weighted by Gasteiger charge is -2.07. The zero-order valence-corrected chi connectivity index (χ0v) is 13.2. The summed E-state index contributed by atoms with van der Waals surface area (Å²) in [6, 6.07) is 11.2. The Morgan fingerprint density at radius 3 is 2.86 bits per heavy atom. The van der Waals surface area contributed by atoms with Crippen molar-refractivity contribution in [2.45, 2.75) is 20.3 Å². The summed E-state index contributed by atoms with van der Waals surface area (Å²) < 4.78 is 1.77. The Bertz CT molecular complexity index is 854. The first-order valence-corrected chi connectivity index (χ1v) is 7.51. The second-order valence-corrected chi connectivity index (χ2v) is 5.59. The molecule has 112 valence electrons. The molecule has 0 saturated heterocycles. The Kier molecular flexibility index (Phi) is 3.86. The van der Waals surface area contributed by atoms with Gasteiger partial charge in [-0.05, 0) is 37.1 Å². The van der Waals surface area contributed by atoms with Crippen LogP contribution >= 0.6 is 11.6 Å². The maximum atomic E-state index is 12.7. The molecule has 0 atom stereocenters. The average molecular weight is 314 g/mol. The van der Waals surface area contributed by atoms with Gasteiger partial charge < -0.3 is 5.32 Å². The van der Waals surface area contributed by atoms with Gasteiger partial charge in [0, 0.05) is 23.0 Å². The third-order valence-electron chi connectivity index (χ3n) is 3.49. The van der Waals surface area contributed by atoms with E-state index in [1.807, 2.05) is 38.1 Å². The van der Waals surface area contributed by atoms with E-state index >= 15 is 0 Å². The zero-order valence-electron chi connectivity index (χ0n) is 12.4. The smallest absolute Gasteiger partial charge is 0.274 e. The van der Waals surface area contributed by atoms with Crippen LogP contribution in [0.2, 0.25) is 5.02 Å². The number of halogens is 1. The number of hydrogen-bond donors (Lipinski definition) is 1. The van der Waals surface area contributed by atoms with Crippen LogP contribution in [-0.2, 0) is 6.42 Å². The third-order valence-corrected chi connectivity index (χ3v) is 3.72. The van der Waals surface area contributed by atoms with Gasteiger partial charge in [-0.25, -0.2) is 4.98 Å². The minimum absolute atomic E-state index is 0.169. The lowest BCUT2D eigenvalue weighted by Crippen LogP contribution is -2.16. The largest absolute Gasteiger partial charge is 0.321 e. The molecule has 0 aliphatic carbocycles. The van der Waals surface area contributed by atoms with Crippen LogP contribution in [-0.4, -0.2) is 15.3 Å². The number of hydrogen-bond acceptors (Lipinski definition) is 2. The normalized spacial score (nSPS) is 10.9. The summed E-state index contributed by atoms with van der Waals surface area (Å²) in [6.07, 6.45) is 2.45. The van der Waals surface area contributed by atoms with Crippen molar-refractivity contribution in [2.24, 2.45) is 0 Å². The number of aromatic nitrogens is 2. The van der Waals surface area contributed by atoms with Crippen LogP contribution in [0.4, 0.5) is 5.69 Å². The second kappa shape index (κ2) is 5.81. The number of anilines is 1. The van der Waals surface area contributed by atoms with Crippen LogP contribution in [0.15, 0.2) is 42.6 Å². The predicted molar refractivity (Wildman–Crippen MR) is 88.7 cm³/mol. The number of rotatable bonds is 3. The molecule has 0 aliphatic rings. The second-order valence-electron chi connectivity index (χ2n) is 5.16. The van der Waals surface area contributed by atoms with Crippen molar-refractivity contribution in [2.75, 3.05) is 5.32 Å². The van der Waals surface area contributed by atoms with Crippen molar-refractivity contribution in [3.05, 3.63) is 64.6 Å². The van der Waals surface area contributed by atoms with Crippen LogP contribution in [0.3, 0.4) is 0 Å². The van der Waals surface area contributed by atoms with Gasteiger partial charge in [-0.2, -0.15) is 0 Å². The number of nitrogens with zero attached hydrogens (tertiary/aromatic N) is 2. The van der Waals surface area contributed by atoms with Crippen molar-refractivity contribution in [3.8, 4) is 0 Å². The fourth-order valence-electron chi connectivity index (χ4n) is 2.47. The molecule has 5 heteroatoms. The van der Waals surface area contributed by atoms with Gasteiger partial charge in [-0.3, -0.25) is 9.20 Å². The van der Waals surface area contributed by atoms with E-state index in [0.29, 0.717) is 22.8 Å². The molecule has 3 rings (SSSR count). The highest BCUT2D eigenvalue weighted by molar-refractivity contribution is 6.30. The quantitative estimate of drug-likeness (QED) is 0.791. The van der Waals surface area contributed by atoms with Gasteiger partial charge >= 0.3 is 0 Å². The number of nitrogens with one attached hydrogen (secondary N) is 1. The van der Waals surface area contributed by atoms with E-state index in [9.17, 15) is 4.79 Å². The Labute approximate surface area is 133 Å². The first kappa shape index (κ1) is 14.6. The number of pyridine rings is 1. The van der Waals surface area contributed by atoms with E-state index in [2.05, 4.69) is 10.3 Å². The molecule has 0 bridgehead atoms. The van der Waals surface area contributed by atoms with Crippen LogP contribution in [0.25, 0.3) is 5.65 Å². The molecule has 22 heavy (non-hydrogen) atoms. The average Bonchev–Trinajstić information content (AvgIpc) is 2.84. The monoisotopic (exact) mass is 313 g/mol. The minimum atomic E-state index is -0.169. The molecule has 3 aromatic rings. The van der Waals surface area contributed by atoms with E-state index in [1.54, 1.807) is 22.7 Å². The molecular weight excluding hydrogens is 298 g/mol. The molecule has 0 radical (unpaired) electrons. The number of amides is 1. The molecule has 4 nitrogen and oxygen atoms in total. The standard InChI is InChI=1S/C17H16ClN3O/c1-3-14-16(21-8-7-12(18)10-15(21)20-14)17(22)19-13-6-4-5-11(2)9-13/h4-10H,3H2,1-2H3,(H,19,22). The number of carbonyl (C=O) groups excluding carboxylic acids is 1. The Morgan fingerprint density at radius 1 is 1.32 bits per heavy atom. The maximum Gasteiger partial charge on any atom is 0.274 e. The fourth-order valence-corrected chi connectivity index (χ4v) is 2.62.